The second kappa shape index (κ2) is 6.83. The molecule has 0 aromatic heterocycles. The first kappa shape index (κ1) is 14.9. The molecule has 2 atom stereocenters. The SMILES string of the molecule is CCC1CCN(c2cccc3c2CCCC3)CC(C)CN1. The molecule has 2 aliphatic rings. The van der Waals surface area contributed by atoms with E-state index in [1.165, 1.54) is 57.3 Å². The number of aryl methyl sites for hydroxylation is 1. The lowest BCUT2D eigenvalue weighted by atomic mass is 9.89. The van der Waals surface area contributed by atoms with Crippen LogP contribution < -0.4 is 10.2 Å². The van der Waals surface area contributed by atoms with Gasteiger partial charge in [0.05, 0.1) is 0 Å². The highest BCUT2D eigenvalue weighted by molar-refractivity contribution is 5.57. The molecule has 2 unspecified atom stereocenters. The van der Waals surface area contributed by atoms with Crippen molar-refractivity contribution in [2.24, 2.45) is 5.92 Å². The third-order valence-corrected chi connectivity index (χ3v) is 5.24. The van der Waals surface area contributed by atoms with Crippen molar-refractivity contribution in [2.45, 2.75) is 58.4 Å². The highest BCUT2D eigenvalue weighted by Gasteiger charge is 2.21. The van der Waals surface area contributed by atoms with Crippen LogP contribution in [0, 0.1) is 5.92 Å². The molecule has 21 heavy (non-hydrogen) atoms. The average Bonchev–Trinajstić information content (AvgIpc) is 2.51. The Kier molecular flexibility index (Phi) is 4.84. The van der Waals surface area contributed by atoms with Crippen molar-refractivity contribution >= 4 is 5.69 Å². The van der Waals surface area contributed by atoms with Crippen molar-refractivity contribution in [2.75, 3.05) is 24.5 Å². The molecule has 1 saturated heterocycles. The highest BCUT2D eigenvalue weighted by atomic mass is 15.1. The molecule has 0 saturated carbocycles. The zero-order valence-electron chi connectivity index (χ0n) is 13.7. The van der Waals surface area contributed by atoms with E-state index in [2.05, 4.69) is 42.3 Å². The maximum Gasteiger partial charge on any atom is 0.0401 e. The first-order valence-corrected chi connectivity index (χ1v) is 8.87. The van der Waals surface area contributed by atoms with Gasteiger partial charge in [-0.1, -0.05) is 26.0 Å². The van der Waals surface area contributed by atoms with Crippen LogP contribution in [0.3, 0.4) is 0 Å². The summed E-state index contributed by atoms with van der Waals surface area (Å²) in [4.78, 5) is 2.68. The average molecular weight is 286 g/mol. The molecule has 0 radical (unpaired) electrons. The Labute approximate surface area is 129 Å². The largest absolute Gasteiger partial charge is 0.371 e. The number of nitrogens with zero attached hydrogens (tertiary/aromatic N) is 1. The number of nitrogens with one attached hydrogen (secondary N) is 1. The molecule has 0 spiro atoms. The minimum Gasteiger partial charge on any atom is -0.371 e. The van der Waals surface area contributed by atoms with Crippen molar-refractivity contribution < 1.29 is 0 Å². The molecule has 116 valence electrons. The monoisotopic (exact) mass is 286 g/mol. The summed E-state index contributed by atoms with van der Waals surface area (Å²) in [6.07, 6.45) is 7.82. The van der Waals surface area contributed by atoms with Gasteiger partial charge in [-0.25, -0.2) is 0 Å². The molecular weight excluding hydrogens is 256 g/mol. The van der Waals surface area contributed by atoms with Crippen LogP contribution in [0.5, 0.6) is 0 Å². The number of hydrogen-bond donors (Lipinski definition) is 1. The first-order valence-electron chi connectivity index (χ1n) is 8.87. The summed E-state index contributed by atoms with van der Waals surface area (Å²) in [6.45, 7) is 8.24. The molecule has 1 aliphatic heterocycles. The lowest BCUT2D eigenvalue weighted by molar-refractivity contribution is 0.387. The van der Waals surface area contributed by atoms with Gasteiger partial charge in [-0.3, -0.25) is 0 Å². The van der Waals surface area contributed by atoms with E-state index in [0.29, 0.717) is 6.04 Å². The second-order valence-corrected chi connectivity index (χ2v) is 6.98. The Bertz CT molecular complexity index is 469. The number of fused-ring (bicyclic) bond motifs is 1. The third kappa shape index (κ3) is 3.42. The van der Waals surface area contributed by atoms with Crippen LogP contribution in [0.4, 0.5) is 5.69 Å². The number of hydrogen-bond acceptors (Lipinski definition) is 2. The van der Waals surface area contributed by atoms with Crippen LogP contribution in [0.25, 0.3) is 0 Å². The molecule has 2 heteroatoms. The molecule has 1 N–H and O–H groups in total. The van der Waals surface area contributed by atoms with Gasteiger partial charge in [0.25, 0.3) is 0 Å². The summed E-state index contributed by atoms with van der Waals surface area (Å²) in [6, 6.07) is 7.68. The molecule has 1 aliphatic carbocycles. The maximum atomic E-state index is 3.73. The van der Waals surface area contributed by atoms with Crippen molar-refractivity contribution in [1.82, 2.24) is 5.32 Å². The summed E-state index contributed by atoms with van der Waals surface area (Å²) in [5.74, 6) is 0.721. The van der Waals surface area contributed by atoms with E-state index >= 15 is 0 Å². The van der Waals surface area contributed by atoms with E-state index in [1.54, 1.807) is 11.1 Å². The molecule has 3 rings (SSSR count). The third-order valence-electron chi connectivity index (χ3n) is 5.24. The van der Waals surface area contributed by atoms with Gasteiger partial charge in [0, 0.05) is 24.8 Å². The van der Waals surface area contributed by atoms with Crippen LogP contribution in [0.15, 0.2) is 18.2 Å². The molecule has 2 nitrogen and oxygen atoms in total. The molecule has 1 fully saturated rings. The van der Waals surface area contributed by atoms with Crippen molar-refractivity contribution in [3.8, 4) is 0 Å². The fourth-order valence-electron chi connectivity index (χ4n) is 3.94. The lowest BCUT2D eigenvalue weighted by Gasteiger charge is -2.35. The Morgan fingerprint density at radius 2 is 2.10 bits per heavy atom. The topological polar surface area (TPSA) is 15.3 Å². The van der Waals surface area contributed by atoms with Crippen LogP contribution >= 0.6 is 0 Å². The minimum absolute atomic E-state index is 0.690. The Hall–Kier alpha value is -1.02. The Morgan fingerprint density at radius 1 is 1.24 bits per heavy atom. The van der Waals surface area contributed by atoms with Crippen LogP contribution in [-0.4, -0.2) is 25.7 Å². The predicted octanol–water partition coefficient (Wildman–Crippen LogP) is 3.78. The summed E-state index contributed by atoms with van der Waals surface area (Å²) in [5.41, 5.74) is 4.80. The molecule has 0 bridgehead atoms. The van der Waals surface area contributed by atoms with E-state index in [1.807, 2.05) is 0 Å². The summed E-state index contributed by atoms with van der Waals surface area (Å²) in [5, 5.41) is 3.73. The van der Waals surface area contributed by atoms with E-state index in [9.17, 15) is 0 Å². The molecule has 1 aromatic carbocycles. The van der Waals surface area contributed by atoms with Crippen LogP contribution in [0.2, 0.25) is 0 Å². The number of anilines is 1. The first-order chi connectivity index (χ1) is 10.3. The van der Waals surface area contributed by atoms with Gasteiger partial charge in [0.2, 0.25) is 0 Å². The normalized spacial score (nSPS) is 26.9. The minimum atomic E-state index is 0.690. The molecule has 1 aromatic rings. The van der Waals surface area contributed by atoms with Crippen LogP contribution in [-0.2, 0) is 12.8 Å². The summed E-state index contributed by atoms with van der Waals surface area (Å²) < 4.78 is 0. The fraction of sp³-hybridized carbons (Fsp3) is 0.684. The molecular formula is C19H30N2. The van der Waals surface area contributed by atoms with Gasteiger partial charge in [0.1, 0.15) is 0 Å². The summed E-state index contributed by atoms with van der Waals surface area (Å²) in [7, 11) is 0. The number of benzene rings is 1. The van der Waals surface area contributed by atoms with Gasteiger partial charge in [-0.15, -0.1) is 0 Å². The van der Waals surface area contributed by atoms with Crippen molar-refractivity contribution in [1.29, 1.82) is 0 Å². The molecule has 0 amide bonds. The smallest absolute Gasteiger partial charge is 0.0401 e. The van der Waals surface area contributed by atoms with Gasteiger partial charge >= 0.3 is 0 Å². The number of rotatable bonds is 2. The van der Waals surface area contributed by atoms with Crippen molar-refractivity contribution in [3.63, 3.8) is 0 Å². The van der Waals surface area contributed by atoms with Gasteiger partial charge in [-0.05, 0) is 68.2 Å². The zero-order valence-corrected chi connectivity index (χ0v) is 13.7. The van der Waals surface area contributed by atoms with E-state index in [4.69, 9.17) is 0 Å². The lowest BCUT2D eigenvalue weighted by Crippen LogP contribution is -2.43. The van der Waals surface area contributed by atoms with E-state index in [0.717, 1.165) is 12.5 Å². The zero-order chi connectivity index (χ0) is 14.7. The fourth-order valence-corrected chi connectivity index (χ4v) is 3.94. The van der Waals surface area contributed by atoms with Gasteiger partial charge in [0.15, 0.2) is 0 Å². The van der Waals surface area contributed by atoms with E-state index < -0.39 is 0 Å². The predicted molar refractivity (Wildman–Crippen MR) is 91.2 cm³/mol. The maximum absolute atomic E-state index is 3.73. The quantitative estimate of drug-likeness (QED) is 0.890. The summed E-state index contributed by atoms with van der Waals surface area (Å²) >= 11 is 0. The Morgan fingerprint density at radius 3 is 2.95 bits per heavy atom. The van der Waals surface area contributed by atoms with Gasteiger partial charge < -0.3 is 10.2 Å². The van der Waals surface area contributed by atoms with Gasteiger partial charge in [-0.2, -0.15) is 0 Å². The van der Waals surface area contributed by atoms with Crippen molar-refractivity contribution in [3.05, 3.63) is 29.3 Å². The van der Waals surface area contributed by atoms with E-state index in [-0.39, 0.29) is 0 Å². The van der Waals surface area contributed by atoms with Crippen LogP contribution in [0.1, 0.15) is 50.7 Å². The molecule has 1 heterocycles. The Balaban J connectivity index is 1.84. The highest BCUT2D eigenvalue weighted by Crippen LogP contribution is 2.31. The second-order valence-electron chi connectivity index (χ2n) is 6.98. The standard InChI is InChI=1S/C19H30N2/c1-3-17-11-12-21(14-15(2)13-20-17)19-10-6-8-16-7-4-5-9-18(16)19/h6,8,10,15,17,20H,3-5,7,9,11-14H2,1-2H3.